The molecular formula is C15H27NOS. The average molecular weight is 269 g/mol. The van der Waals surface area contributed by atoms with Gasteiger partial charge in [0.25, 0.3) is 0 Å². The quantitative estimate of drug-likeness (QED) is 0.829. The lowest BCUT2D eigenvalue weighted by Gasteiger charge is -2.40. The van der Waals surface area contributed by atoms with Gasteiger partial charge in [0.2, 0.25) is 0 Å². The normalized spacial score (nSPS) is 38.2. The Morgan fingerprint density at radius 1 is 1.39 bits per heavy atom. The number of thioether (sulfide) groups is 1. The summed E-state index contributed by atoms with van der Waals surface area (Å²) in [5, 5.41) is 3.65. The predicted octanol–water partition coefficient (Wildman–Crippen LogP) is 3.07. The van der Waals surface area contributed by atoms with Crippen molar-refractivity contribution >= 4 is 11.8 Å². The van der Waals surface area contributed by atoms with Crippen molar-refractivity contribution in [3.8, 4) is 0 Å². The molecule has 3 atom stereocenters. The second-order valence-electron chi connectivity index (χ2n) is 6.58. The van der Waals surface area contributed by atoms with Gasteiger partial charge in [0.1, 0.15) is 0 Å². The summed E-state index contributed by atoms with van der Waals surface area (Å²) in [6.07, 6.45) is 8.07. The third-order valence-electron chi connectivity index (χ3n) is 5.01. The fourth-order valence-corrected chi connectivity index (χ4v) is 4.83. The zero-order valence-corrected chi connectivity index (χ0v) is 12.4. The lowest BCUT2D eigenvalue weighted by Crippen LogP contribution is -2.41. The number of hydrogen-bond donors (Lipinski definition) is 1. The fourth-order valence-electron chi connectivity index (χ4n) is 3.45. The first-order valence-electron chi connectivity index (χ1n) is 7.72. The van der Waals surface area contributed by atoms with Crippen LogP contribution in [0.15, 0.2) is 0 Å². The maximum absolute atomic E-state index is 6.12. The zero-order chi connectivity index (χ0) is 12.4. The summed E-state index contributed by atoms with van der Waals surface area (Å²) in [6, 6.07) is 0.865. The van der Waals surface area contributed by atoms with Crippen LogP contribution in [0.5, 0.6) is 0 Å². The molecule has 2 aliphatic heterocycles. The van der Waals surface area contributed by atoms with Crippen molar-refractivity contribution in [2.75, 3.05) is 24.7 Å². The van der Waals surface area contributed by atoms with Crippen LogP contribution < -0.4 is 5.32 Å². The van der Waals surface area contributed by atoms with Crippen LogP contribution in [0, 0.1) is 11.8 Å². The molecule has 2 saturated heterocycles. The highest BCUT2D eigenvalue weighted by Gasteiger charge is 2.41. The first-order chi connectivity index (χ1) is 8.77. The van der Waals surface area contributed by atoms with Gasteiger partial charge in [0.15, 0.2) is 0 Å². The molecule has 1 N–H and O–H groups in total. The Bertz CT molecular complexity index is 274. The monoisotopic (exact) mass is 269 g/mol. The highest BCUT2D eigenvalue weighted by Crippen LogP contribution is 2.42. The Labute approximate surface area is 116 Å². The van der Waals surface area contributed by atoms with E-state index in [-0.39, 0.29) is 5.60 Å². The predicted molar refractivity (Wildman–Crippen MR) is 78.2 cm³/mol. The standard InChI is InChI=1S/C15H27NOS/c1-12(4-7-16-14-2-3-14)13-5-8-17-15(10-13)6-9-18-11-15/h12-14,16H,2-11H2,1H3. The van der Waals surface area contributed by atoms with Crippen LogP contribution in [0.2, 0.25) is 0 Å². The van der Waals surface area contributed by atoms with Crippen LogP contribution in [0.25, 0.3) is 0 Å². The lowest BCUT2D eigenvalue weighted by molar-refractivity contribution is -0.0883. The highest BCUT2D eigenvalue weighted by atomic mass is 32.2. The topological polar surface area (TPSA) is 21.3 Å². The van der Waals surface area contributed by atoms with Crippen molar-refractivity contribution in [1.82, 2.24) is 5.32 Å². The molecule has 0 aromatic rings. The van der Waals surface area contributed by atoms with E-state index in [2.05, 4.69) is 24.0 Å². The molecule has 3 aliphatic rings. The summed E-state index contributed by atoms with van der Waals surface area (Å²) < 4.78 is 6.12. The van der Waals surface area contributed by atoms with E-state index in [0.717, 1.165) is 24.5 Å². The highest BCUT2D eigenvalue weighted by molar-refractivity contribution is 7.99. The van der Waals surface area contributed by atoms with E-state index in [4.69, 9.17) is 4.74 Å². The molecule has 18 heavy (non-hydrogen) atoms. The second kappa shape index (κ2) is 5.72. The molecule has 104 valence electrons. The third kappa shape index (κ3) is 3.23. The molecule has 0 radical (unpaired) electrons. The van der Waals surface area contributed by atoms with Gasteiger partial charge in [0, 0.05) is 18.4 Å². The maximum Gasteiger partial charge on any atom is 0.0783 e. The zero-order valence-electron chi connectivity index (χ0n) is 11.6. The summed E-state index contributed by atoms with van der Waals surface area (Å²) in [4.78, 5) is 0. The molecule has 0 amide bonds. The summed E-state index contributed by atoms with van der Waals surface area (Å²) in [5.74, 6) is 4.32. The summed E-state index contributed by atoms with van der Waals surface area (Å²) in [6.45, 7) is 4.69. The van der Waals surface area contributed by atoms with Gasteiger partial charge in [-0.25, -0.2) is 0 Å². The van der Waals surface area contributed by atoms with Gasteiger partial charge in [-0.1, -0.05) is 6.92 Å². The van der Waals surface area contributed by atoms with Gasteiger partial charge in [-0.15, -0.1) is 0 Å². The molecule has 0 bridgehead atoms. The van der Waals surface area contributed by atoms with E-state index in [1.165, 1.54) is 56.6 Å². The minimum atomic E-state index is 0.270. The minimum absolute atomic E-state index is 0.270. The first kappa shape index (κ1) is 13.3. The van der Waals surface area contributed by atoms with Crippen molar-refractivity contribution in [1.29, 1.82) is 0 Å². The van der Waals surface area contributed by atoms with E-state index in [1.807, 2.05) is 0 Å². The van der Waals surface area contributed by atoms with Crippen molar-refractivity contribution in [2.24, 2.45) is 11.8 Å². The second-order valence-corrected chi connectivity index (χ2v) is 7.69. The van der Waals surface area contributed by atoms with Crippen LogP contribution in [0.4, 0.5) is 0 Å². The SMILES string of the molecule is CC(CCNC1CC1)C1CCOC2(CCSC2)C1. The molecular weight excluding hydrogens is 242 g/mol. The molecule has 0 aromatic heterocycles. The Hall–Kier alpha value is 0.270. The number of ether oxygens (including phenoxy) is 1. The smallest absolute Gasteiger partial charge is 0.0783 e. The van der Waals surface area contributed by atoms with Gasteiger partial charge >= 0.3 is 0 Å². The van der Waals surface area contributed by atoms with E-state index in [0.29, 0.717) is 0 Å². The van der Waals surface area contributed by atoms with Gasteiger partial charge < -0.3 is 10.1 Å². The summed E-state index contributed by atoms with van der Waals surface area (Å²) in [5.41, 5.74) is 0.270. The van der Waals surface area contributed by atoms with Gasteiger partial charge in [-0.2, -0.15) is 11.8 Å². The molecule has 1 aliphatic carbocycles. The average Bonchev–Trinajstić information content (AvgIpc) is 3.10. The Morgan fingerprint density at radius 3 is 3.00 bits per heavy atom. The third-order valence-corrected chi connectivity index (χ3v) is 6.24. The molecule has 1 saturated carbocycles. The maximum atomic E-state index is 6.12. The fraction of sp³-hybridized carbons (Fsp3) is 1.00. The van der Waals surface area contributed by atoms with Gasteiger partial charge in [0.05, 0.1) is 5.60 Å². The Balaban J connectivity index is 1.44. The molecule has 3 rings (SSSR count). The van der Waals surface area contributed by atoms with Crippen molar-refractivity contribution in [3.63, 3.8) is 0 Å². The molecule has 0 aromatic carbocycles. The van der Waals surface area contributed by atoms with E-state index >= 15 is 0 Å². The van der Waals surface area contributed by atoms with Gasteiger partial charge in [-0.3, -0.25) is 0 Å². The Morgan fingerprint density at radius 2 is 2.28 bits per heavy atom. The lowest BCUT2D eigenvalue weighted by atomic mass is 9.77. The van der Waals surface area contributed by atoms with Crippen molar-refractivity contribution in [3.05, 3.63) is 0 Å². The molecule has 3 heteroatoms. The van der Waals surface area contributed by atoms with Crippen molar-refractivity contribution in [2.45, 2.75) is 57.1 Å². The van der Waals surface area contributed by atoms with Crippen LogP contribution in [-0.2, 0) is 4.74 Å². The largest absolute Gasteiger partial charge is 0.374 e. The molecule has 3 fully saturated rings. The van der Waals surface area contributed by atoms with E-state index in [9.17, 15) is 0 Å². The van der Waals surface area contributed by atoms with Crippen molar-refractivity contribution < 1.29 is 4.74 Å². The number of hydrogen-bond acceptors (Lipinski definition) is 3. The van der Waals surface area contributed by atoms with Crippen LogP contribution in [-0.4, -0.2) is 36.3 Å². The van der Waals surface area contributed by atoms with Crippen LogP contribution >= 0.6 is 11.8 Å². The summed E-state index contributed by atoms with van der Waals surface area (Å²) >= 11 is 2.09. The van der Waals surface area contributed by atoms with Crippen LogP contribution in [0.1, 0.15) is 45.4 Å². The minimum Gasteiger partial charge on any atom is -0.374 e. The molecule has 2 nitrogen and oxygen atoms in total. The molecule has 3 unspecified atom stereocenters. The Kier molecular flexibility index (Phi) is 4.21. The number of nitrogens with one attached hydrogen (secondary N) is 1. The molecule has 1 spiro atoms. The molecule has 2 heterocycles. The van der Waals surface area contributed by atoms with E-state index in [1.54, 1.807) is 0 Å². The van der Waals surface area contributed by atoms with E-state index < -0.39 is 0 Å². The van der Waals surface area contributed by atoms with Gasteiger partial charge in [-0.05, 0) is 62.7 Å². The number of rotatable bonds is 5. The van der Waals surface area contributed by atoms with Crippen LogP contribution in [0.3, 0.4) is 0 Å². The summed E-state index contributed by atoms with van der Waals surface area (Å²) in [7, 11) is 0. The first-order valence-corrected chi connectivity index (χ1v) is 8.88.